The molecule has 7 nitrogen and oxygen atoms in total. The van der Waals surface area contributed by atoms with E-state index in [1.807, 2.05) is 4.57 Å². The van der Waals surface area contributed by atoms with E-state index >= 15 is 4.39 Å². The lowest BCUT2D eigenvalue weighted by molar-refractivity contribution is -0.162. The Hall–Kier alpha value is -3.37. The van der Waals surface area contributed by atoms with Crippen molar-refractivity contribution in [3.63, 3.8) is 0 Å². The number of halogens is 3. The summed E-state index contributed by atoms with van der Waals surface area (Å²) in [6.07, 6.45) is 3.60. The molecule has 3 N–H and O–H groups in total. The van der Waals surface area contributed by atoms with Crippen LogP contribution in [0.3, 0.4) is 0 Å². The Labute approximate surface area is 209 Å². The molecule has 2 aromatic heterocycles. The SMILES string of the molecule is O=C(O)[C@]1(O)CC[C@@H](c2c(C3CCOCC3)n(-c3ccc(F)c(F)c3)c3cc4cn[nH]c4c(F)c32)CC1. The molecule has 1 saturated carbocycles. The van der Waals surface area contributed by atoms with E-state index in [1.54, 1.807) is 6.07 Å². The topological polar surface area (TPSA) is 100 Å². The summed E-state index contributed by atoms with van der Waals surface area (Å²) in [5.41, 5.74) is 0.836. The van der Waals surface area contributed by atoms with Gasteiger partial charge in [0.15, 0.2) is 23.1 Å². The maximum absolute atomic E-state index is 16.2. The van der Waals surface area contributed by atoms with E-state index in [0.717, 1.165) is 23.4 Å². The Morgan fingerprint density at radius 3 is 2.46 bits per heavy atom. The highest BCUT2D eigenvalue weighted by molar-refractivity contribution is 6.00. The third kappa shape index (κ3) is 3.81. The molecular formula is C27H26F3N3O4. The van der Waals surface area contributed by atoms with Crippen LogP contribution in [0.1, 0.15) is 61.6 Å². The Morgan fingerprint density at radius 1 is 1.05 bits per heavy atom. The number of carbonyl (C=O) groups is 1. The highest BCUT2D eigenvalue weighted by atomic mass is 19.2. The first-order valence-corrected chi connectivity index (χ1v) is 12.5. The Bertz CT molecular complexity index is 1510. The number of benzene rings is 2. The Kier molecular flexibility index (Phi) is 5.76. The van der Waals surface area contributed by atoms with Crippen LogP contribution in [0, 0.1) is 17.5 Å². The number of aliphatic hydroxyl groups is 1. The summed E-state index contributed by atoms with van der Waals surface area (Å²) in [7, 11) is 0. The van der Waals surface area contributed by atoms with Crippen molar-refractivity contribution in [3.05, 3.63) is 59.2 Å². The fourth-order valence-electron chi connectivity index (χ4n) is 6.14. The molecule has 4 aromatic rings. The Balaban J connectivity index is 1.65. The lowest BCUT2D eigenvalue weighted by atomic mass is 9.74. The fraction of sp³-hybridized carbons (Fsp3) is 0.407. The van der Waals surface area contributed by atoms with Crippen LogP contribution in [0.2, 0.25) is 0 Å². The first-order chi connectivity index (χ1) is 17.8. The number of aromatic amines is 1. The van der Waals surface area contributed by atoms with Crippen LogP contribution in [0.25, 0.3) is 27.5 Å². The van der Waals surface area contributed by atoms with Crippen molar-refractivity contribution in [3.8, 4) is 5.69 Å². The molecule has 6 rings (SSSR count). The highest BCUT2D eigenvalue weighted by Crippen LogP contribution is 2.48. The number of H-pyrrole nitrogens is 1. The molecule has 2 fully saturated rings. The van der Waals surface area contributed by atoms with Gasteiger partial charge in [0, 0.05) is 47.4 Å². The number of hydrogen-bond donors (Lipinski definition) is 3. The summed E-state index contributed by atoms with van der Waals surface area (Å²) >= 11 is 0. The van der Waals surface area contributed by atoms with Gasteiger partial charge in [0.25, 0.3) is 0 Å². The van der Waals surface area contributed by atoms with E-state index < -0.39 is 29.0 Å². The lowest BCUT2D eigenvalue weighted by Gasteiger charge is -2.34. The zero-order valence-corrected chi connectivity index (χ0v) is 19.9. The van der Waals surface area contributed by atoms with Crippen LogP contribution >= 0.6 is 0 Å². The average Bonchev–Trinajstić information content (AvgIpc) is 3.50. The summed E-state index contributed by atoms with van der Waals surface area (Å²) in [6.45, 7) is 1.03. The lowest BCUT2D eigenvalue weighted by Crippen LogP contribution is -2.41. The van der Waals surface area contributed by atoms with Crippen LogP contribution in [-0.4, -0.2) is 49.8 Å². The second-order valence-corrected chi connectivity index (χ2v) is 10.1. The largest absolute Gasteiger partial charge is 0.479 e. The van der Waals surface area contributed by atoms with E-state index in [4.69, 9.17) is 4.74 Å². The molecule has 3 heterocycles. The summed E-state index contributed by atoms with van der Waals surface area (Å²) in [4.78, 5) is 11.7. The van der Waals surface area contributed by atoms with Gasteiger partial charge in [-0.25, -0.2) is 18.0 Å². The van der Waals surface area contributed by atoms with Gasteiger partial charge in [-0.15, -0.1) is 0 Å². The first-order valence-electron chi connectivity index (χ1n) is 12.5. The normalized spacial score (nSPS) is 23.2. The molecule has 1 aliphatic carbocycles. The molecular weight excluding hydrogens is 487 g/mol. The molecule has 1 aliphatic heterocycles. The van der Waals surface area contributed by atoms with Crippen LogP contribution in [0.15, 0.2) is 30.5 Å². The number of rotatable bonds is 4. The molecule has 37 heavy (non-hydrogen) atoms. The number of hydrogen-bond acceptors (Lipinski definition) is 4. The zero-order valence-electron chi connectivity index (χ0n) is 19.9. The van der Waals surface area contributed by atoms with Crippen LogP contribution in [0.5, 0.6) is 0 Å². The van der Waals surface area contributed by atoms with Crippen molar-refractivity contribution in [2.75, 3.05) is 13.2 Å². The molecule has 0 spiro atoms. The van der Waals surface area contributed by atoms with Gasteiger partial charge in [0.1, 0.15) is 5.52 Å². The van der Waals surface area contributed by atoms with E-state index in [9.17, 15) is 23.8 Å². The van der Waals surface area contributed by atoms with Crippen molar-refractivity contribution in [2.45, 2.75) is 56.0 Å². The monoisotopic (exact) mass is 513 g/mol. The number of aliphatic carboxylic acids is 1. The molecule has 2 aliphatic rings. The van der Waals surface area contributed by atoms with Gasteiger partial charge in [-0.3, -0.25) is 5.10 Å². The van der Waals surface area contributed by atoms with Crippen molar-refractivity contribution in [2.24, 2.45) is 0 Å². The number of nitrogens with zero attached hydrogens (tertiary/aromatic N) is 2. The fourth-order valence-corrected chi connectivity index (χ4v) is 6.14. The van der Waals surface area contributed by atoms with Gasteiger partial charge >= 0.3 is 5.97 Å². The minimum absolute atomic E-state index is 0.0337. The predicted octanol–water partition coefficient (Wildman–Crippen LogP) is 5.29. The molecule has 1 saturated heterocycles. The third-order valence-corrected chi connectivity index (χ3v) is 8.07. The molecule has 0 amide bonds. The van der Waals surface area contributed by atoms with E-state index in [0.29, 0.717) is 60.9 Å². The number of fused-ring (bicyclic) bond motifs is 2. The smallest absolute Gasteiger partial charge is 0.335 e. The summed E-state index contributed by atoms with van der Waals surface area (Å²) in [5.74, 6) is -4.01. The van der Waals surface area contributed by atoms with Gasteiger partial charge in [0.05, 0.1) is 11.7 Å². The number of ether oxygens (including phenoxy) is 1. The van der Waals surface area contributed by atoms with E-state index in [1.165, 1.54) is 12.3 Å². The van der Waals surface area contributed by atoms with Gasteiger partial charge in [-0.2, -0.15) is 5.10 Å². The molecule has 0 radical (unpaired) electrons. The molecule has 2 aromatic carbocycles. The van der Waals surface area contributed by atoms with E-state index in [2.05, 4.69) is 10.2 Å². The van der Waals surface area contributed by atoms with Crippen molar-refractivity contribution in [1.29, 1.82) is 0 Å². The molecule has 0 atom stereocenters. The van der Waals surface area contributed by atoms with Gasteiger partial charge in [-0.05, 0) is 68.2 Å². The molecule has 10 heteroatoms. The van der Waals surface area contributed by atoms with Crippen LogP contribution in [-0.2, 0) is 9.53 Å². The quantitative estimate of drug-likeness (QED) is 0.344. The van der Waals surface area contributed by atoms with Gasteiger partial charge in [-0.1, -0.05) is 0 Å². The first kappa shape index (κ1) is 24.0. The third-order valence-electron chi connectivity index (χ3n) is 8.07. The van der Waals surface area contributed by atoms with Gasteiger partial charge in [0.2, 0.25) is 0 Å². The number of aromatic nitrogens is 3. The Morgan fingerprint density at radius 2 is 1.78 bits per heavy atom. The second-order valence-electron chi connectivity index (χ2n) is 10.1. The number of carboxylic acid groups (broad SMARTS) is 1. The number of carboxylic acids is 1. The molecule has 0 unspecified atom stereocenters. The van der Waals surface area contributed by atoms with Crippen molar-refractivity contribution in [1.82, 2.24) is 14.8 Å². The summed E-state index contributed by atoms with van der Waals surface area (Å²) in [6, 6.07) is 5.44. The molecule has 0 bridgehead atoms. The van der Waals surface area contributed by atoms with Crippen LogP contribution in [0.4, 0.5) is 13.2 Å². The van der Waals surface area contributed by atoms with E-state index in [-0.39, 0.29) is 30.2 Å². The maximum Gasteiger partial charge on any atom is 0.335 e. The highest BCUT2D eigenvalue weighted by Gasteiger charge is 2.42. The predicted molar refractivity (Wildman–Crippen MR) is 129 cm³/mol. The standard InChI is InChI=1S/C27H26F3N3O4/c28-18-2-1-17(12-19(18)29)33-20-11-16-13-31-32-24(16)23(30)22(20)21(25(33)15-5-9-37-10-6-15)14-3-7-27(36,8-4-14)26(34)35/h1-2,11-15,36H,3-10H2,(H,31,32)(H,34,35)/t14-,27+. The van der Waals surface area contributed by atoms with Crippen molar-refractivity contribution >= 4 is 27.8 Å². The summed E-state index contributed by atoms with van der Waals surface area (Å²) < 4.78 is 52.0. The number of nitrogens with one attached hydrogen (secondary N) is 1. The minimum Gasteiger partial charge on any atom is -0.479 e. The van der Waals surface area contributed by atoms with Gasteiger partial charge < -0.3 is 19.5 Å². The average molecular weight is 514 g/mol. The van der Waals surface area contributed by atoms with Crippen LogP contribution < -0.4 is 0 Å². The second kappa shape index (κ2) is 8.88. The zero-order chi connectivity index (χ0) is 25.9. The maximum atomic E-state index is 16.2. The molecule has 194 valence electrons. The minimum atomic E-state index is -1.82. The van der Waals surface area contributed by atoms with Crippen molar-refractivity contribution < 1.29 is 32.9 Å². The summed E-state index contributed by atoms with van der Waals surface area (Å²) in [5, 5.41) is 27.7.